The highest BCUT2D eigenvalue weighted by Gasteiger charge is 2.21. The van der Waals surface area contributed by atoms with Gasteiger partial charge in [0.1, 0.15) is 0 Å². The Kier molecular flexibility index (Phi) is 4.81. The van der Waals surface area contributed by atoms with Gasteiger partial charge in [-0.05, 0) is 43.9 Å². The molecule has 122 valence electrons. The van der Waals surface area contributed by atoms with Gasteiger partial charge in [-0.2, -0.15) is 4.99 Å². The minimum atomic E-state index is 0.0587. The summed E-state index contributed by atoms with van der Waals surface area (Å²) in [5.74, 6) is 0.178. The Morgan fingerprint density at radius 1 is 1.35 bits per heavy atom. The minimum absolute atomic E-state index is 0.0587. The smallest absolute Gasteiger partial charge is 0.251 e. The number of fused-ring (bicyclic) bond motifs is 1. The summed E-state index contributed by atoms with van der Waals surface area (Å²) in [6, 6.07) is 4.36. The highest BCUT2D eigenvalue weighted by molar-refractivity contribution is 7.16. The molecule has 0 N–H and O–H groups in total. The van der Waals surface area contributed by atoms with Crippen molar-refractivity contribution in [2.24, 2.45) is 10.9 Å². The van der Waals surface area contributed by atoms with Gasteiger partial charge >= 0.3 is 0 Å². The van der Waals surface area contributed by atoms with E-state index in [4.69, 9.17) is 0 Å². The second-order valence-corrected chi connectivity index (χ2v) is 7.48. The Balaban J connectivity index is 2.10. The third kappa shape index (κ3) is 3.32. The molecule has 1 heterocycles. The first-order valence-electron chi connectivity index (χ1n) is 8.40. The van der Waals surface area contributed by atoms with E-state index in [0.717, 1.165) is 36.0 Å². The highest BCUT2D eigenvalue weighted by atomic mass is 32.1. The zero-order valence-electron chi connectivity index (χ0n) is 14.0. The predicted molar refractivity (Wildman–Crippen MR) is 96.6 cm³/mol. The van der Waals surface area contributed by atoms with Gasteiger partial charge in [-0.3, -0.25) is 4.79 Å². The van der Waals surface area contributed by atoms with Gasteiger partial charge in [0.05, 0.1) is 10.2 Å². The lowest BCUT2D eigenvalue weighted by Crippen LogP contribution is -2.21. The van der Waals surface area contributed by atoms with Gasteiger partial charge < -0.3 is 4.57 Å². The second-order valence-electron chi connectivity index (χ2n) is 6.50. The number of amides is 1. The van der Waals surface area contributed by atoms with Crippen molar-refractivity contribution in [1.82, 2.24) is 4.57 Å². The quantitative estimate of drug-likeness (QED) is 0.763. The van der Waals surface area contributed by atoms with Crippen molar-refractivity contribution in [1.29, 1.82) is 0 Å². The first-order valence-corrected chi connectivity index (χ1v) is 9.22. The molecule has 1 aromatic heterocycles. The molecule has 0 atom stereocenters. The molecule has 1 aromatic carbocycles. The maximum absolute atomic E-state index is 12.6. The van der Waals surface area contributed by atoms with E-state index in [-0.39, 0.29) is 11.8 Å². The van der Waals surface area contributed by atoms with E-state index >= 15 is 0 Å². The first-order chi connectivity index (χ1) is 11.1. The number of hydrogen-bond donors (Lipinski definition) is 0. The van der Waals surface area contributed by atoms with Gasteiger partial charge in [0.15, 0.2) is 4.80 Å². The van der Waals surface area contributed by atoms with Crippen molar-refractivity contribution < 1.29 is 4.79 Å². The van der Waals surface area contributed by atoms with Crippen LogP contribution in [0.2, 0.25) is 0 Å². The molecule has 3 rings (SSSR count). The molecular formula is C19H24N2OS. The topological polar surface area (TPSA) is 34.4 Å². The van der Waals surface area contributed by atoms with Gasteiger partial charge in [-0.1, -0.05) is 42.7 Å². The second kappa shape index (κ2) is 6.83. The summed E-state index contributed by atoms with van der Waals surface area (Å²) in [5, 5.41) is 0. The molecule has 4 heteroatoms. The van der Waals surface area contributed by atoms with E-state index in [1.807, 2.05) is 6.08 Å². The van der Waals surface area contributed by atoms with Crippen molar-refractivity contribution in [3.8, 4) is 0 Å². The van der Waals surface area contributed by atoms with Crippen LogP contribution < -0.4 is 4.80 Å². The van der Waals surface area contributed by atoms with Crippen molar-refractivity contribution >= 4 is 27.5 Å². The zero-order chi connectivity index (χ0) is 16.4. The normalized spacial score (nSPS) is 16.9. The lowest BCUT2D eigenvalue weighted by atomic mass is 9.89. The molecule has 1 aliphatic rings. The Bertz CT molecular complexity index is 807. The van der Waals surface area contributed by atoms with Gasteiger partial charge in [0, 0.05) is 12.5 Å². The molecule has 0 saturated heterocycles. The third-order valence-electron chi connectivity index (χ3n) is 4.59. The number of rotatable bonds is 3. The largest absolute Gasteiger partial charge is 0.312 e. The summed E-state index contributed by atoms with van der Waals surface area (Å²) in [7, 11) is 0. The number of hydrogen-bond acceptors (Lipinski definition) is 2. The van der Waals surface area contributed by atoms with Gasteiger partial charge in [0.25, 0.3) is 5.91 Å². The van der Waals surface area contributed by atoms with E-state index < -0.39 is 0 Å². The van der Waals surface area contributed by atoms with E-state index in [1.54, 1.807) is 11.3 Å². The number of aryl methyl sites for hydroxylation is 2. The molecule has 0 unspecified atom stereocenters. The maximum atomic E-state index is 12.6. The van der Waals surface area contributed by atoms with E-state index in [0.29, 0.717) is 6.54 Å². The van der Waals surface area contributed by atoms with Gasteiger partial charge in [-0.15, -0.1) is 6.58 Å². The van der Waals surface area contributed by atoms with Crippen molar-refractivity contribution in [3.63, 3.8) is 0 Å². The zero-order valence-corrected chi connectivity index (χ0v) is 14.8. The number of carbonyl (C=O) groups is 1. The molecule has 1 aliphatic carbocycles. The Hall–Kier alpha value is -1.68. The van der Waals surface area contributed by atoms with Crippen molar-refractivity contribution in [3.05, 3.63) is 40.7 Å². The van der Waals surface area contributed by atoms with Gasteiger partial charge in [-0.25, -0.2) is 0 Å². The first kappa shape index (κ1) is 16.2. The number of aromatic nitrogens is 1. The standard InChI is InChI=1S/C19H24N2OS/c1-4-10-21-16-12-13(2)11-14(3)17(16)23-19(21)20-18(22)15-8-6-5-7-9-15/h4,11-12,15H,1,5-10H2,2-3H3. The molecule has 23 heavy (non-hydrogen) atoms. The summed E-state index contributed by atoms with van der Waals surface area (Å²) >= 11 is 1.62. The van der Waals surface area contributed by atoms with Crippen LogP contribution in [0.3, 0.4) is 0 Å². The molecule has 1 fully saturated rings. The average molecular weight is 328 g/mol. The summed E-state index contributed by atoms with van der Waals surface area (Å²) in [5.41, 5.74) is 3.63. The predicted octanol–water partition coefficient (Wildman–Crippen LogP) is 4.51. The fourth-order valence-corrected chi connectivity index (χ4v) is 4.53. The molecule has 2 aromatic rings. The van der Waals surface area contributed by atoms with E-state index in [1.165, 1.54) is 22.2 Å². The molecule has 1 amide bonds. The SMILES string of the molecule is C=CCn1c(=NC(=O)C2CCCCC2)sc2c(C)cc(C)cc21. The highest BCUT2D eigenvalue weighted by Crippen LogP contribution is 2.26. The molecule has 0 spiro atoms. The monoisotopic (exact) mass is 328 g/mol. The molecule has 0 bridgehead atoms. The van der Waals surface area contributed by atoms with E-state index in [9.17, 15) is 4.79 Å². The van der Waals surface area contributed by atoms with Crippen molar-refractivity contribution in [2.75, 3.05) is 0 Å². The summed E-state index contributed by atoms with van der Waals surface area (Å²) in [4.78, 5) is 17.9. The number of benzene rings is 1. The molecule has 0 aliphatic heterocycles. The average Bonchev–Trinajstić information content (AvgIpc) is 2.87. The van der Waals surface area contributed by atoms with Crippen LogP contribution in [-0.2, 0) is 11.3 Å². The van der Waals surface area contributed by atoms with E-state index in [2.05, 4.69) is 42.1 Å². The molecule has 3 nitrogen and oxygen atoms in total. The van der Waals surface area contributed by atoms with Crippen LogP contribution in [-0.4, -0.2) is 10.5 Å². The number of nitrogens with zero attached hydrogens (tertiary/aromatic N) is 2. The number of thiazole rings is 1. The number of carbonyl (C=O) groups excluding carboxylic acids is 1. The van der Waals surface area contributed by atoms with Crippen LogP contribution in [0.15, 0.2) is 29.8 Å². The number of allylic oxidation sites excluding steroid dienone is 1. The van der Waals surface area contributed by atoms with Crippen LogP contribution in [0.4, 0.5) is 0 Å². The molecule has 0 radical (unpaired) electrons. The molecule has 1 saturated carbocycles. The van der Waals surface area contributed by atoms with Crippen LogP contribution in [0.1, 0.15) is 43.2 Å². The van der Waals surface area contributed by atoms with Crippen LogP contribution >= 0.6 is 11.3 Å². The van der Waals surface area contributed by atoms with Crippen LogP contribution in [0.5, 0.6) is 0 Å². The van der Waals surface area contributed by atoms with Crippen LogP contribution in [0.25, 0.3) is 10.2 Å². The lowest BCUT2D eigenvalue weighted by Gasteiger charge is -2.17. The van der Waals surface area contributed by atoms with Crippen molar-refractivity contribution in [2.45, 2.75) is 52.5 Å². The molecular weight excluding hydrogens is 304 g/mol. The van der Waals surface area contributed by atoms with Gasteiger partial charge in [0.2, 0.25) is 0 Å². The lowest BCUT2D eigenvalue weighted by molar-refractivity contribution is -0.122. The minimum Gasteiger partial charge on any atom is -0.312 e. The van der Waals surface area contributed by atoms with Crippen LogP contribution in [0, 0.1) is 19.8 Å². The Morgan fingerprint density at radius 3 is 2.78 bits per heavy atom. The Morgan fingerprint density at radius 2 is 2.09 bits per heavy atom. The fraction of sp³-hybridized carbons (Fsp3) is 0.474. The third-order valence-corrected chi connectivity index (χ3v) is 5.82. The summed E-state index contributed by atoms with van der Waals surface area (Å²) in [6.07, 6.45) is 7.42. The summed E-state index contributed by atoms with van der Waals surface area (Å²) in [6.45, 7) is 8.76. The summed E-state index contributed by atoms with van der Waals surface area (Å²) < 4.78 is 3.33. The Labute approximate surface area is 141 Å². The maximum Gasteiger partial charge on any atom is 0.251 e. The fourth-order valence-electron chi connectivity index (χ4n) is 3.44.